The lowest BCUT2D eigenvalue weighted by Crippen LogP contribution is -1.98. The molecule has 0 spiro atoms. The van der Waals surface area contributed by atoms with E-state index in [9.17, 15) is 0 Å². The van der Waals surface area contributed by atoms with E-state index in [-0.39, 0.29) is 0 Å². The Balaban J connectivity index is 1.91. The Kier molecular flexibility index (Phi) is 2.91. The van der Waals surface area contributed by atoms with E-state index in [2.05, 4.69) is 20.2 Å². The predicted molar refractivity (Wildman–Crippen MR) is 67.0 cm³/mol. The average Bonchev–Trinajstić information content (AvgIpc) is 2.83. The van der Waals surface area contributed by atoms with Gasteiger partial charge < -0.3 is 5.73 Å². The zero-order valence-corrected chi connectivity index (χ0v) is 10.2. The summed E-state index contributed by atoms with van der Waals surface area (Å²) in [4.78, 5) is 8.44. The van der Waals surface area contributed by atoms with Gasteiger partial charge in [0.1, 0.15) is 0 Å². The number of nitrogens with two attached hydrogens (primary N) is 1. The van der Waals surface area contributed by atoms with E-state index < -0.39 is 0 Å². The summed E-state index contributed by atoms with van der Waals surface area (Å²) in [5.74, 6) is 0. The molecule has 6 nitrogen and oxygen atoms in total. The summed E-state index contributed by atoms with van der Waals surface area (Å²) >= 11 is 1.37. The van der Waals surface area contributed by atoms with Gasteiger partial charge in [-0.3, -0.25) is 4.40 Å². The van der Waals surface area contributed by atoms with Crippen LogP contribution in [0.1, 0.15) is 5.56 Å². The van der Waals surface area contributed by atoms with Crippen molar-refractivity contribution in [3.05, 3.63) is 42.4 Å². The lowest BCUT2D eigenvalue weighted by Gasteiger charge is -1.99. The number of nitrogens with zero attached hydrogens (tertiary/aromatic N) is 5. The van der Waals surface area contributed by atoms with Crippen LogP contribution in [0.5, 0.6) is 0 Å². The highest BCUT2D eigenvalue weighted by atomic mass is 32.2. The van der Waals surface area contributed by atoms with Crippen molar-refractivity contribution in [2.45, 2.75) is 16.9 Å². The smallest absolute Gasteiger partial charge is 0.203 e. The van der Waals surface area contributed by atoms with Crippen molar-refractivity contribution in [1.82, 2.24) is 24.6 Å². The monoisotopic (exact) mass is 258 g/mol. The molecule has 0 radical (unpaired) electrons. The Morgan fingerprint density at radius 2 is 2.00 bits per heavy atom. The number of hydrogen-bond acceptors (Lipinski definition) is 6. The minimum absolute atomic E-state index is 0.443. The predicted octanol–water partition coefficient (Wildman–Crippen LogP) is 1.13. The van der Waals surface area contributed by atoms with Crippen molar-refractivity contribution in [2.24, 2.45) is 5.73 Å². The van der Waals surface area contributed by atoms with Crippen molar-refractivity contribution in [1.29, 1.82) is 0 Å². The summed E-state index contributed by atoms with van der Waals surface area (Å²) in [6.45, 7) is 0.443. The van der Waals surface area contributed by atoms with Crippen LogP contribution in [0.2, 0.25) is 0 Å². The molecule has 7 heteroatoms. The van der Waals surface area contributed by atoms with E-state index in [0.717, 1.165) is 16.4 Å². The quantitative estimate of drug-likeness (QED) is 0.709. The van der Waals surface area contributed by atoms with E-state index in [4.69, 9.17) is 5.73 Å². The number of rotatable bonds is 3. The van der Waals surface area contributed by atoms with Crippen LogP contribution in [0.15, 0.2) is 47.1 Å². The van der Waals surface area contributed by atoms with Gasteiger partial charge in [0, 0.05) is 30.7 Å². The number of aromatic nitrogens is 5. The van der Waals surface area contributed by atoms with E-state index in [1.165, 1.54) is 11.8 Å². The second kappa shape index (κ2) is 4.71. The Bertz CT molecular complexity index is 663. The molecule has 0 aliphatic rings. The lowest BCUT2D eigenvalue weighted by atomic mass is 10.4. The first-order valence-electron chi connectivity index (χ1n) is 5.35. The number of hydrogen-bond donors (Lipinski definition) is 1. The van der Waals surface area contributed by atoms with Crippen LogP contribution in [0.25, 0.3) is 5.65 Å². The van der Waals surface area contributed by atoms with Crippen LogP contribution in [0.4, 0.5) is 0 Å². The normalized spacial score (nSPS) is 10.9. The largest absolute Gasteiger partial charge is 0.326 e. The highest BCUT2D eigenvalue weighted by Gasteiger charge is 2.08. The van der Waals surface area contributed by atoms with Crippen LogP contribution in [-0.2, 0) is 6.54 Å². The summed E-state index contributed by atoms with van der Waals surface area (Å²) < 4.78 is 1.89. The second-order valence-corrected chi connectivity index (χ2v) is 4.53. The van der Waals surface area contributed by atoms with E-state index in [0.29, 0.717) is 11.7 Å². The molecular formula is C11H10N6S. The first-order valence-corrected chi connectivity index (χ1v) is 6.17. The summed E-state index contributed by atoms with van der Waals surface area (Å²) in [5, 5.41) is 9.54. The average molecular weight is 258 g/mol. The Morgan fingerprint density at radius 3 is 2.78 bits per heavy atom. The maximum Gasteiger partial charge on any atom is 0.203 e. The van der Waals surface area contributed by atoms with Crippen LogP contribution in [0.3, 0.4) is 0 Å². The van der Waals surface area contributed by atoms with Gasteiger partial charge in [-0.2, -0.15) is 0 Å². The van der Waals surface area contributed by atoms with Gasteiger partial charge >= 0.3 is 0 Å². The first-order chi connectivity index (χ1) is 8.86. The second-order valence-electron chi connectivity index (χ2n) is 3.59. The Morgan fingerprint density at radius 1 is 1.17 bits per heavy atom. The third-order valence-corrected chi connectivity index (χ3v) is 3.24. The van der Waals surface area contributed by atoms with Gasteiger partial charge in [0.15, 0.2) is 10.8 Å². The molecule has 0 aliphatic carbocycles. The minimum Gasteiger partial charge on any atom is -0.326 e. The molecule has 3 rings (SSSR count). The molecule has 0 saturated heterocycles. The van der Waals surface area contributed by atoms with Gasteiger partial charge in [-0.1, -0.05) is 6.07 Å². The SMILES string of the molecule is NCc1cnc(Sc2nnc3ccccn23)nc1. The molecule has 3 aromatic heterocycles. The fourth-order valence-corrected chi connectivity index (χ4v) is 2.18. The van der Waals surface area contributed by atoms with Crippen LogP contribution < -0.4 is 5.73 Å². The van der Waals surface area contributed by atoms with Gasteiger partial charge in [-0.15, -0.1) is 10.2 Å². The molecule has 2 N–H and O–H groups in total. The summed E-state index contributed by atoms with van der Waals surface area (Å²) in [7, 11) is 0. The van der Waals surface area contributed by atoms with Crippen LogP contribution >= 0.6 is 11.8 Å². The van der Waals surface area contributed by atoms with E-state index >= 15 is 0 Å². The molecule has 0 fully saturated rings. The third kappa shape index (κ3) is 2.05. The van der Waals surface area contributed by atoms with Crippen LogP contribution in [0, 0.1) is 0 Å². The summed E-state index contributed by atoms with van der Waals surface area (Å²) in [6.07, 6.45) is 5.35. The number of fused-ring (bicyclic) bond motifs is 1. The standard InChI is InChI=1S/C11H10N6S/c12-5-8-6-13-10(14-7-8)18-11-16-15-9-3-1-2-4-17(9)11/h1-4,6-7H,5,12H2. The first kappa shape index (κ1) is 11.1. The van der Waals surface area contributed by atoms with Crippen molar-refractivity contribution in [3.63, 3.8) is 0 Å². The fourth-order valence-electron chi connectivity index (χ4n) is 1.47. The molecule has 0 unspecified atom stereocenters. The molecule has 90 valence electrons. The minimum atomic E-state index is 0.443. The van der Waals surface area contributed by atoms with E-state index in [1.54, 1.807) is 12.4 Å². The summed E-state index contributed by atoms with van der Waals surface area (Å²) in [6, 6.07) is 5.75. The molecule has 3 heterocycles. The lowest BCUT2D eigenvalue weighted by molar-refractivity contribution is 0.884. The van der Waals surface area contributed by atoms with E-state index in [1.807, 2.05) is 28.8 Å². The highest BCUT2D eigenvalue weighted by molar-refractivity contribution is 7.99. The van der Waals surface area contributed by atoms with Gasteiger partial charge in [0.25, 0.3) is 0 Å². The molecule has 0 aromatic carbocycles. The van der Waals surface area contributed by atoms with Crippen molar-refractivity contribution < 1.29 is 0 Å². The third-order valence-electron chi connectivity index (χ3n) is 2.38. The number of pyridine rings is 1. The molecule has 0 aliphatic heterocycles. The molecular weight excluding hydrogens is 248 g/mol. The topological polar surface area (TPSA) is 82.0 Å². The molecule has 0 bridgehead atoms. The van der Waals surface area contributed by atoms with Crippen molar-refractivity contribution in [3.8, 4) is 0 Å². The van der Waals surface area contributed by atoms with Gasteiger partial charge in [-0.25, -0.2) is 9.97 Å². The zero-order valence-electron chi connectivity index (χ0n) is 9.39. The maximum absolute atomic E-state index is 5.50. The van der Waals surface area contributed by atoms with Crippen molar-refractivity contribution in [2.75, 3.05) is 0 Å². The molecule has 0 atom stereocenters. The maximum atomic E-state index is 5.50. The van der Waals surface area contributed by atoms with Gasteiger partial charge in [0.2, 0.25) is 5.16 Å². The Hall–Kier alpha value is -1.99. The molecule has 3 aromatic rings. The van der Waals surface area contributed by atoms with Gasteiger partial charge in [0.05, 0.1) is 0 Å². The van der Waals surface area contributed by atoms with Crippen LogP contribution in [-0.4, -0.2) is 24.6 Å². The van der Waals surface area contributed by atoms with Crippen molar-refractivity contribution >= 4 is 17.4 Å². The highest BCUT2D eigenvalue weighted by Crippen LogP contribution is 2.22. The zero-order chi connectivity index (χ0) is 12.4. The fraction of sp³-hybridized carbons (Fsp3) is 0.0909. The molecule has 0 saturated carbocycles. The molecule has 0 amide bonds. The Labute approximate surface area is 107 Å². The summed E-state index contributed by atoms with van der Waals surface area (Å²) in [5.41, 5.74) is 7.21. The molecule has 18 heavy (non-hydrogen) atoms. The van der Waals surface area contributed by atoms with Gasteiger partial charge in [-0.05, 0) is 23.9 Å².